The Labute approximate surface area is 196 Å². The number of nitrogens with one attached hydrogen (secondary N) is 1. The average Bonchev–Trinajstić information content (AvgIpc) is 3.32. The second kappa shape index (κ2) is 11.1. The quantitative estimate of drug-likeness (QED) is 0.293. The molecule has 0 saturated heterocycles. The van der Waals surface area contributed by atoms with Crippen LogP contribution in [0.15, 0.2) is 54.2 Å². The van der Waals surface area contributed by atoms with Crippen molar-refractivity contribution in [3.05, 3.63) is 71.6 Å². The van der Waals surface area contributed by atoms with E-state index in [1.54, 1.807) is 6.20 Å². The lowest BCUT2D eigenvalue weighted by molar-refractivity contribution is 0.473. The molecule has 1 aromatic carbocycles. The van der Waals surface area contributed by atoms with E-state index in [0.29, 0.717) is 5.92 Å². The third-order valence-corrected chi connectivity index (χ3v) is 4.83. The molecule has 7 nitrogen and oxygen atoms in total. The summed E-state index contributed by atoms with van der Waals surface area (Å²) in [5, 5.41) is 8.08. The Morgan fingerprint density at radius 2 is 2.03 bits per heavy atom. The topological polar surface area (TPSA) is 63.3 Å². The van der Waals surface area contributed by atoms with Gasteiger partial charge in [-0.1, -0.05) is 38.1 Å². The average molecular weight is 521 g/mol. The molecular formula is C22H32IN7. The molecule has 8 heteroatoms. The summed E-state index contributed by atoms with van der Waals surface area (Å²) >= 11 is 0. The number of aromatic nitrogens is 4. The number of guanidine groups is 1. The smallest absolute Gasteiger partial charge is 0.193 e. The maximum Gasteiger partial charge on any atom is 0.193 e. The van der Waals surface area contributed by atoms with E-state index in [1.807, 2.05) is 31.3 Å². The normalized spacial score (nSPS) is 11.5. The van der Waals surface area contributed by atoms with Crippen LogP contribution in [0.5, 0.6) is 0 Å². The van der Waals surface area contributed by atoms with E-state index >= 15 is 0 Å². The van der Waals surface area contributed by atoms with E-state index in [-0.39, 0.29) is 24.0 Å². The van der Waals surface area contributed by atoms with Crippen LogP contribution in [0.4, 0.5) is 0 Å². The molecular weight excluding hydrogens is 489 g/mol. The summed E-state index contributed by atoms with van der Waals surface area (Å²) in [6.45, 7) is 6.66. The van der Waals surface area contributed by atoms with Gasteiger partial charge in [0.05, 0.1) is 12.0 Å². The van der Waals surface area contributed by atoms with Crippen molar-refractivity contribution < 1.29 is 0 Å². The Balaban J connectivity index is 0.00000320. The lowest BCUT2D eigenvalue weighted by Gasteiger charge is -2.22. The molecule has 2 aromatic heterocycles. The molecule has 0 unspecified atom stereocenters. The highest BCUT2D eigenvalue weighted by Gasteiger charge is 2.15. The second-order valence-corrected chi connectivity index (χ2v) is 7.68. The maximum absolute atomic E-state index is 4.61. The molecule has 0 aliphatic rings. The fourth-order valence-electron chi connectivity index (χ4n) is 3.49. The molecule has 0 spiro atoms. The molecule has 0 radical (unpaired) electrons. The molecule has 3 aromatic rings. The largest absolute Gasteiger partial charge is 0.352 e. The molecule has 1 N–H and O–H groups in total. The van der Waals surface area contributed by atoms with Crippen molar-refractivity contribution in [1.82, 2.24) is 29.5 Å². The third kappa shape index (κ3) is 6.32. The van der Waals surface area contributed by atoms with E-state index in [0.717, 1.165) is 31.3 Å². The minimum atomic E-state index is 0. The molecule has 0 atom stereocenters. The van der Waals surface area contributed by atoms with Crippen molar-refractivity contribution in [1.29, 1.82) is 0 Å². The van der Waals surface area contributed by atoms with Gasteiger partial charge in [0.25, 0.3) is 0 Å². The summed E-state index contributed by atoms with van der Waals surface area (Å²) in [6.07, 6.45) is 7.72. The van der Waals surface area contributed by atoms with E-state index in [2.05, 4.69) is 81.2 Å². The minimum absolute atomic E-state index is 0. The Morgan fingerprint density at radius 3 is 2.70 bits per heavy atom. The molecule has 0 saturated carbocycles. The maximum atomic E-state index is 4.61. The molecule has 0 fully saturated rings. The van der Waals surface area contributed by atoms with Gasteiger partial charge in [-0.2, -0.15) is 5.10 Å². The van der Waals surface area contributed by atoms with Crippen LogP contribution in [-0.2, 0) is 26.7 Å². The number of imidazole rings is 1. The van der Waals surface area contributed by atoms with Crippen LogP contribution in [0.25, 0.3) is 0 Å². The number of hydrogen-bond acceptors (Lipinski definition) is 3. The van der Waals surface area contributed by atoms with Gasteiger partial charge >= 0.3 is 0 Å². The number of halogens is 1. The van der Waals surface area contributed by atoms with Crippen LogP contribution in [0.1, 0.15) is 42.1 Å². The molecule has 3 rings (SSSR count). The van der Waals surface area contributed by atoms with E-state index in [1.165, 1.54) is 16.7 Å². The van der Waals surface area contributed by atoms with Crippen LogP contribution in [-0.4, -0.2) is 44.3 Å². The molecule has 2 heterocycles. The second-order valence-electron chi connectivity index (χ2n) is 7.68. The van der Waals surface area contributed by atoms with Crippen molar-refractivity contribution in [3.8, 4) is 0 Å². The first-order chi connectivity index (χ1) is 14.0. The monoisotopic (exact) mass is 521 g/mol. The minimum Gasteiger partial charge on any atom is -0.352 e. The number of nitrogens with zero attached hydrogens (tertiary/aromatic N) is 6. The van der Waals surface area contributed by atoms with Gasteiger partial charge in [0.2, 0.25) is 0 Å². The zero-order chi connectivity index (χ0) is 20.8. The lowest BCUT2D eigenvalue weighted by atomic mass is 10.1. The highest BCUT2D eigenvalue weighted by molar-refractivity contribution is 14.0. The van der Waals surface area contributed by atoms with Crippen molar-refractivity contribution in [2.45, 2.75) is 39.4 Å². The molecule has 0 amide bonds. The number of rotatable bonds is 7. The number of aliphatic imine (C=N–C) groups is 1. The van der Waals surface area contributed by atoms with Crippen LogP contribution in [0, 0.1) is 0 Å². The van der Waals surface area contributed by atoms with Gasteiger partial charge in [0.15, 0.2) is 5.96 Å². The summed E-state index contributed by atoms with van der Waals surface area (Å²) in [5.41, 5.74) is 4.85. The predicted molar refractivity (Wildman–Crippen MR) is 132 cm³/mol. The molecule has 30 heavy (non-hydrogen) atoms. The van der Waals surface area contributed by atoms with Crippen molar-refractivity contribution in [2.24, 2.45) is 12.0 Å². The summed E-state index contributed by atoms with van der Waals surface area (Å²) in [7, 11) is 5.85. The van der Waals surface area contributed by atoms with E-state index in [9.17, 15) is 0 Å². The summed E-state index contributed by atoms with van der Waals surface area (Å²) < 4.78 is 3.96. The first-order valence-corrected chi connectivity index (χ1v) is 9.94. The summed E-state index contributed by atoms with van der Waals surface area (Å²) in [4.78, 5) is 10.7. The Kier molecular flexibility index (Phi) is 8.88. The zero-order valence-electron chi connectivity index (χ0n) is 18.4. The van der Waals surface area contributed by atoms with Crippen molar-refractivity contribution in [2.75, 3.05) is 14.1 Å². The summed E-state index contributed by atoms with van der Waals surface area (Å²) in [6, 6.07) is 8.59. The van der Waals surface area contributed by atoms with Crippen molar-refractivity contribution >= 4 is 29.9 Å². The predicted octanol–water partition coefficient (Wildman–Crippen LogP) is 3.61. The van der Waals surface area contributed by atoms with Gasteiger partial charge in [0, 0.05) is 64.9 Å². The highest BCUT2D eigenvalue weighted by atomic mass is 127. The fourth-order valence-corrected chi connectivity index (χ4v) is 3.49. The first-order valence-electron chi connectivity index (χ1n) is 9.94. The van der Waals surface area contributed by atoms with Crippen LogP contribution in [0.2, 0.25) is 0 Å². The van der Waals surface area contributed by atoms with Crippen LogP contribution < -0.4 is 5.32 Å². The van der Waals surface area contributed by atoms with Crippen LogP contribution >= 0.6 is 24.0 Å². The number of benzene rings is 1. The third-order valence-electron chi connectivity index (χ3n) is 4.83. The Hall–Kier alpha value is -2.36. The van der Waals surface area contributed by atoms with Gasteiger partial charge in [-0.05, 0) is 17.0 Å². The van der Waals surface area contributed by atoms with Crippen molar-refractivity contribution in [3.63, 3.8) is 0 Å². The Bertz CT molecular complexity index is 944. The van der Waals surface area contributed by atoms with E-state index in [4.69, 9.17) is 0 Å². The van der Waals surface area contributed by atoms with Crippen LogP contribution in [0.3, 0.4) is 0 Å². The molecule has 162 valence electrons. The van der Waals surface area contributed by atoms with Gasteiger partial charge in [-0.25, -0.2) is 4.98 Å². The zero-order valence-corrected chi connectivity index (χ0v) is 20.7. The van der Waals surface area contributed by atoms with Gasteiger partial charge in [-0.15, -0.1) is 24.0 Å². The molecule has 0 bridgehead atoms. The van der Waals surface area contributed by atoms with E-state index < -0.39 is 0 Å². The standard InChI is InChI=1S/C22H31N7.HI/c1-17(2)21-20(15-28(5)26-21)14-27(4)22(23-3)25-12-18-7-6-8-19(11-18)13-29-10-9-24-16-29;/h6-11,15-17H,12-14H2,1-5H3,(H,23,25);1H. The lowest BCUT2D eigenvalue weighted by Crippen LogP contribution is -2.38. The SMILES string of the molecule is CN=C(NCc1cccc(Cn2ccnc2)c1)N(C)Cc1cn(C)nc1C(C)C.I. The van der Waals surface area contributed by atoms with Gasteiger partial charge in [0.1, 0.15) is 0 Å². The number of aryl methyl sites for hydroxylation is 1. The number of hydrogen-bond donors (Lipinski definition) is 1. The molecule has 0 aliphatic heterocycles. The first kappa shape index (κ1) is 23.9. The van der Waals surface area contributed by atoms with Gasteiger partial charge < -0.3 is 14.8 Å². The Morgan fingerprint density at radius 1 is 1.27 bits per heavy atom. The summed E-state index contributed by atoms with van der Waals surface area (Å²) in [5.74, 6) is 1.26. The van der Waals surface area contributed by atoms with Gasteiger partial charge in [-0.3, -0.25) is 9.67 Å². The molecule has 0 aliphatic carbocycles. The highest BCUT2D eigenvalue weighted by Crippen LogP contribution is 2.18. The fraction of sp³-hybridized carbons (Fsp3) is 0.409.